The van der Waals surface area contributed by atoms with Crippen molar-refractivity contribution in [2.75, 3.05) is 25.6 Å². The standard InChI is InChI=1S/C12H18N2O2/c1-13-12-8-10(5-6-14-12)16-9-11-4-2-3-7-15-11/h5-6,8,11H,2-4,7,9H2,1H3,(H,13,14). The van der Waals surface area contributed by atoms with Crippen LogP contribution in [-0.4, -0.2) is 31.3 Å². The van der Waals surface area contributed by atoms with E-state index in [1.807, 2.05) is 19.2 Å². The molecule has 1 aliphatic heterocycles. The third-order valence-electron chi connectivity index (χ3n) is 2.70. The fourth-order valence-electron chi connectivity index (χ4n) is 1.77. The number of ether oxygens (including phenoxy) is 2. The molecule has 1 N–H and O–H groups in total. The van der Waals surface area contributed by atoms with Gasteiger partial charge in [-0.05, 0) is 25.3 Å². The summed E-state index contributed by atoms with van der Waals surface area (Å²) in [6.07, 6.45) is 5.51. The van der Waals surface area contributed by atoms with Crippen LogP contribution in [0.4, 0.5) is 5.82 Å². The predicted octanol–water partition coefficient (Wildman–Crippen LogP) is 2.07. The van der Waals surface area contributed by atoms with Crippen LogP contribution >= 0.6 is 0 Å². The molecule has 0 aliphatic carbocycles. The van der Waals surface area contributed by atoms with Crippen molar-refractivity contribution < 1.29 is 9.47 Å². The molecule has 0 saturated carbocycles. The highest BCUT2D eigenvalue weighted by atomic mass is 16.5. The zero-order valence-electron chi connectivity index (χ0n) is 9.61. The van der Waals surface area contributed by atoms with E-state index in [0.29, 0.717) is 6.61 Å². The monoisotopic (exact) mass is 222 g/mol. The highest BCUT2D eigenvalue weighted by molar-refractivity contribution is 5.39. The van der Waals surface area contributed by atoms with Gasteiger partial charge in [0.2, 0.25) is 0 Å². The average Bonchev–Trinajstić information content (AvgIpc) is 2.38. The molecule has 1 saturated heterocycles. The zero-order chi connectivity index (χ0) is 11.2. The van der Waals surface area contributed by atoms with Gasteiger partial charge in [-0.1, -0.05) is 0 Å². The molecule has 1 unspecified atom stereocenters. The molecule has 2 rings (SSSR count). The largest absolute Gasteiger partial charge is 0.491 e. The summed E-state index contributed by atoms with van der Waals surface area (Å²) < 4.78 is 11.3. The highest BCUT2D eigenvalue weighted by Crippen LogP contribution is 2.17. The van der Waals surface area contributed by atoms with E-state index >= 15 is 0 Å². The molecule has 0 amide bonds. The summed E-state index contributed by atoms with van der Waals surface area (Å²) in [7, 11) is 1.84. The van der Waals surface area contributed by atoms with Gasteiger partial charge in [0.15, 0.2) is 0 Å². The van der Waals surface area contributed by atoms with E-state index in [-0.39, 0.29) is 6.10 Å². The van der Waals surface area contributed by atoms with Gasteiger partial charge in [0, 0.05) is 25.9 Å². The first-order valence-electron chi connectivity index (χ1n) is 5.76. The Kier molecular flexibility index (Phi) is 3.99. The zero-order valence-corrected chi connectivity index (χ0v) is 9.61. The normalized spacial score (nSPS) is 20.4. The average molecular weight is 222 g/mol. The lowest BCUT2D eigenvalue weighted by Crippen LogP contribution is -2.25. The number of nitrogens with zero attached hydrogens (tertiary/aromatic N) is 1. The maximum absolute atomic E-state index is 5.68. The maximum Gasteiger partial charge on any atom is 0.129 e. The van der Waals surface area contributed by atoms with E-state index in [2.05, 4.69) is 10.3 Å². The Morgan fingerprint density at radius 2 is 2.50 bits per heavy atom. The molecule has 1 aliphatic rings. The van der Waals surface area contributed by atoms with E-state index in [0.717, 1.165) is 24.6 Å². The molecule has 1 fully saturated rings. The SMILES string of the molecule is CNc1cc(OCC2CCCCO2)ccn1. The lowest BCUT2D eigenvalue weighted by molar-refractivity contribution is -0.0110. The van der Waals surface area contributed by atoms with Crippen molar-refractivity contribution in [1.29, 1.82) is 0 Å². The third kappa shape index (κ3) is 3.10. The van der Waals surface area contributed by atoms with Crippen LogP contribution in [-0.2, 0) is 4.74 Å². The second-order valence-corrected chi connectivity index (χ2v) is 3.93. The van der Waals surface area contributed by atoms with Gasteiger partial charge in [-0.2, -0.15) is 0 Å². The van der Waals surface area contributed by atoms with Crippen LogP contribution in [0.2, 0.25) is 0 Å². The minimum absolute atomic E-state index is 0.250. The molecule has 2 heterocycles. The summed E-state index contributed by atoms with van der Waals surface area (Å²) in [5.74, 6) is 1.66. The number of aromatic nitrogens is 1. The number of hydrogen-bond acceptors (Lipinski definition) is 4. The number of anilines is 1. The first-order valence-corrected chi connectivity index (χ1v) is 5.76. The van der Waals surface area contributed by atoms with Crippen molar-refractivity contribution in [1.82, 2.24) is 4.98 Å². The fraction of sp³-hybridized carbons (Fsp3) is 0.583. The number of pyridine rings is 1. The highest BCUT2D eigenvalue weighted by Gasteiger charge is 2.14. The number of hydrogen-bond donors (Lipinski definition) is 1. The van der Waals surface area contributed by atoms with E-state index in [1.54, 1.807) is 6.20 Å². The Morgan fingerprint density at radius 3 is 3.25 bits per heavy atom. The van der Waals surface area contributed by atoms with Gasteiger partial charge in [0.05, 0.1) is 6.10 Å². The number of nitrogens with one attached hydrogen (secondary N) is 1. The Bertz CT molecular complexity index is 325. The predicted molar refractivity (Wildman–Crippen MR) is 62.9 cm³/mol. The fourth-order valence-corrected chi connectivity index (χ4v) is 1.77. The van der Waals surface area contributed by atoms with E-state index in [1.165, 1.54) is 12.8 Å². The first-order chi connectivity index (χ1) is 7.88. The van der Waals surface area contributed by atoms with Crippen molar-refractivity contribution in [2.45, 2.75) is 25.4 Å². The van der Waals surface area contributed by atoms with Crippen molar-refractivity contribution in [3.05, 3.63) is 18.3 Å². The van der Waals surface area contributed by atoms with Crippen molar-refractivity contribution in [2.24, 2.45) is 0 Å². The molecule has 4 heteroatoms. The van der Waals surface area contributed by atoms with Crippen molar-refractivity contribution >= 4 is 5.82 Å². The molecule has 4 nitrogen and oxygen atoms in total. The molecule has 1 aromatic heterocycles. The summed E-state index contributed by atoms with van der Waals surface area (Å²) in [6, 6.07) is 3.76. The van der Waals surface area contributed by atoms with Gasteiger partial charge >= 0.3 is 0 Å². The smallest absolute Gasteiger partial charge is 0.129 e. The van der Waals surface area contributed by atoms with Gasteiger partial charge in [0.25, 0.3) is 0 Å². The van der Waals surface area contributed by atoms with E-state index in [9.17, 15) is 0 Å². The molecule has 0 bridgehead atoms. The molecule has 0 radical (unpaired) electrons. The molecule has 16 heavy (non-hydrogen) atoms. The van der Waals surface area contributed by atoms with Crippen LogP contribution in [0.1, 0.15) is 19.3 Å². The van der Waals surface area contributed by atoms with Gasteiger partial charge in [-0.15, -0.1) is 0 Å². The van der Waals surface area contributed by atoms with Crippen LogP contribution < -0.4 is 10.1 Å². The quantitative estimate of drug-likeness (QED) is 0.847. The van der Waals surface area contributed by atoms with Gasteiger partial charge in [-0.3, -0.25) is 0 Å². The van der Waals surface area contributed by atoms with Crippen LogP contribution in [0, 0.1) is 0 Å². The van der Waals surface area contributed by atoms with E-state index in [4.69, 9.17) is 9.47 Å². The Hall–Kier alpha value is -1.29. The van der Waals surface area contributed by atoms with Crippen LogP contribution in [0.5, 0.6) is 5.75 Å². The molecular weight excluding hydrogens is 204 g/mol. The lowest BCUT2D eigenvalue weighted by atomic mass is 10.1. The molecule has 0 aromatic carbocycles. The Morgan fingerprint density at radius 1 is 1.56 bits per heavy atom. The minimum Gasteiger partial charge on any atom is -0.491 e. The molecule has 88 valence electrons. The summed E-state index contributed by atoms with van der Waals surface area (Å²) in [5, 5.41) is 2.98. The van der Waals surface area contributed by atoms with Crippen LogP contribution in [0.15, 0.2) is 18.3 Å². The molecule has 1 atom stereocenters. The summed E-state index contributed by atoms with van der Waals surface area (Å²) in [5.41, 5.74) is 0. The maximum atomic E-state index is 5.68. The summed E-state index contributed by atoms with van der Waals surface area (Å²) in [6.45, 7) is 1.50. The molecule has 1 aromatic rings. The van der Waals surface area contributed by atoms with E-state index < -0.39 is 0 Å². The lowest BCUT2D eigenvalue weighted by Gasteiger charge is -2.22. The second-order valence-electron chi connectivity index (χ2n) is 3.93. The van der Waals surface area contributed by atoms with Crippen molar-refractivity contribution in [3.63, 3.8) is 0 Å². The van der Waals surface area contributed by atoms with Crippen LogP contribution in [0.25, 0.3) is 0 Å². The molecular formula is C12H18N2O2. The summed E-state index contributed by atoms with van der Waals surface area (Å²) in [4.78, 5) is 4.13. The minimum atomic E-state index is 0.250. The Balaban J connectivity index is 1.83. The topological polar surface area (TPSA) is 43.4 Å². The Labute approximate surface area is 96.0 Å². The van der Waals surface area contributed by atoms with Gasteiger partial charge < -0.3 is 14.8 Å². The third-order valence-corrected chi connectivity index (χ3v) is 2.70. The summed E-state index contributed by atoms with van der Waals surface area (Å²) >= 11 is 0. The van der Waals surface area contributed by atoms with Crippen molar-refractivity contribution in [3.8, 4) is 5.75 Å². The first kappa shape index (κ1) is 11.2. The van der Waals surface area contributed by atoms with Gasteiger partial charge in [0.1, 0.15) is 18.2 Å². The molecule has 0 spiro atoms. The number of rotatable bonds is 4. The van der Waals surface area contributed by atoms with Crippen LogP contribution in [0.3, 0.4) is 0 Å². The van der Waals surface area contributed by atoms with Gasteiger partial charge in [-0.25, -0.2) is 4.98 Å². The second kappa shape index (κ2) is 5.70.